The highest BCUT2D eigenvalue weighted by Crippen LogP contribution is 2.30. The third-order valence-corrected chi connectivity index (χ3v) is 5.53. The smallest absolute Gasteiger partial charge is 0.187 e. The Labute approximate surface area is 193 Å². The van der Waals surface area contributed by atoms with E-state index in [4.69, 9.17) is 28.8 Å². The molecular weight excluding hydrogens is 472 g/mol. The maximum atomic E-state index is 10.6. The molecule has 2 heterocycles. The summed E-state index contributed by atoms with van der Waals surface area (Å²) < 4.78 is 26.3. The highest BCUT2D eigenvalue weighted by Gasteiger charge is 2.51. The second-order valence-corrected chi connectivity index (χ2v) is 7.86. The van der Waals surface area contributed by atoms with Gasteiger partial charge in [-0.15, -0.1) is 0 Å². The van der Waals surface area contributed by atoms with Crippen LogP contribution in [0.15, 0.2) is 0 Å². The third-order valence-electron chi connectivity index (χ3n) is 5.53. The molecule has 7 unspecified atom stereocenters. The summed E-state index contributed by atoms with van der Waals surface area (Å²) in [6.07, 6.45) is -21.2. The Kier molecular flexibility index (Phi) is 11.8. The van der Waals surface area contributed by atoms with Crippen LogP contribution in [0, 0.1) is 0 Å². The molecule has 11 N–H and O–H groups in total. The van der Waals surface area contributed by atoms with Crippen LogP contribution in [0.3, 0.4) is 0 Å². The monoisotopic (exact) mass is 506 g/mol. The summed E-state index contributed by atoms with van der Waals surface area (Å²) in [5.41, 5.74) is 0. The summed E-state index contributed by atoms with van der Waals surface area (Å²) in [5.74, 6) is 0. The van der Waals surface area contributed by atoms with Crippen LogP contribution in [0.5, 0.6) is 0 Å². The lowest BCUT2D eigenvalue weighted by Crippen LogP contribution is -2.65. The molecule has 0 saturated carbocycles. The second-order valence-electron chi connectivity index (χ2n) is 7.86. The van der Waals surface area contributed by atoms with E-state index >= 15 is 0 Å². The normalized spacial score (nSPS) is 41.7. The zero-order valence-corrected chi connectivity index (χ0v) is 18.0. The van der Waals surface area contributed by atoms with E-state index < -0.39 is 113 Å². The lowest BCUT2D eigenvalue weighted by atomic mass is 9.97. The fourth-order valence-corrected chi connectivity index (χ4v) is 3.58. The van der Waals surface area contributed by atoms with E-state index in [1.807, 2.05) is 0 Å². The zero-order valence-electron chi connectivity index (χ0n) is 18.0. The summed E-state index contributed by atoms with van der Waals surface area (Å²) in [6, 6.07) is 0. The van der Waals surface area contributed by atoms with Gasteiger partial charge in [0.15, 0.2) is 18.9 Å². The Morgan fingerprint density at radius 1 is 0.618 bits per heavy atom. The van der Waals surface area contributed by atoms with Crippen molar-refractivity contribution in [2.24, 2.45) is 0 Å². The molecule has 0 amide bonds. The second kappa shape index (κ2) is 13.6. The van der Waals surface area contributed by atoms with Crippen LogP contribution in [0.4, 0.5) is 0 Å². The van der Waals surface area contributed by atoms with Crippen molar-refractivity contribution < 1.29 is 79.9 Å². The highest BCUT2D eigenvalue weighted by atomic mass is 16.7. The van der Waals surface area contributed by atoms with Crippen LogP contribution in [-0.4, -0.2) is 169 Å². The number of hydrogen-bond acceptors (Lipinski definition) is 16. The van der Waals surface area contributed by atoms with Gasteiger partial charge in [-0.05, 0) is 0 Å². The number of aliphatic hydroxyl groups excluding tert-OH is 11. The Morgan fingerprint density at radius 2 is 1.18 bits per heavy atom. The molecular formula is C18H34O16. The molecule has 0 aromatic rings. The first-order valence-electron chi connectivity index (χ1n) is 10.5. The van der Waals surface area contributed by atoms with Crippen molar-refractivity contribution in [1.29, 1.82) is 0 Å². The van der Waals surface area contributed by atoms with Gasteiger partial charge in [0, 0.05) is 0 Å². The van der Waals surface area contributed by atoms with Crippen LogP contribution >= 0.6 is 0 Å². The van der Waals surface area contributed by atoms with Gasteiger partial charge in [0.1, 0.15) is 61.0 Å². The fraction of sp³-hybridized carbons (Fsp3) is 1.00. The maximum absolute atomic E-state index is 10.6. The zero-order chi connectivity index (χ0) is 25.6. The van der Waals surface area contributed by atoms with E-state index in [9.17, 15) is 51.1 Å². The molecule has 0 aromatic carbocycles. The van der Waals surface area contributed by atoms with E-state index in [-0.39, 0.29) is 0 Å². The molecule has 2 fully saturated rings. The van der Waals surface area contributed by atoms with Crippen LogP contribution in [-0.2, 0) is 23.7 Å². The van der Waals surface area contributed by atoms with Crippen LogP contribution in [0.25, 0.3) is 0 Å². The predicted molar refractivity (Wildman–Crippen MR) is 103 cm³/mol. The Balaban J connectivity index is 2.11. The molecule has 0 bridgehead atoms. The minimum absolute atomic E-state index is 0.738. The maximum Gasteiger partial charge on any atom is 0.187 e. The van der Waals surface area contributed by atoms with Gasteiger partial charge in [-0.25, -0.2) is 0 Å². The van der Waals surface area contributed by atoms with Gasteiger partial charge in [0.25, 0.3) is 0 Å². The first kappa shape index (κ1) is 29.6. The van der Waals surface area contributed by atoms with Gasteiger partial charge in [0.05, 0.1) is 33.0 Å². The minimum atomic E-state index is -1.88. The Hall–Kier alpha value is -0.640. The van der Waals surface area contributed by atoms with Crippen molar-refractivity contribution in [2.75, 3.05) is 33.0 Å². The molecule has 34 heavy (non-hydrogen) atoms. The van der Waals surface area contributed by atoms with Crippen LogP contribution < -0.4 is 0 Å². The SMILES string of the molecule is OCC1O[C@H](O[C@H]2C(CO)O[C@@H](O[C@@H](CO)C(CO)O[C@@H](O)CO)C(O)C2O)C(O)C(O)[C@H]1O. The molecule has 0 radical (unpaired) electrons. The van der Waals surface area contributed by atoms with Gasteiger partial charge in [-0.1, -0.05) is 0 Å². The topological polar surface area (TPSA) is 269 Å². The summed E-state index contributed by atoms with van der Waals surface area (Å²) in [7, 11) is 0. The molecule has 0 spiro atoms. The number of ether oxygens (including phenoxy) is 5. The van der Waals surface area contributed by atoms with Gasteiger partial charge in [-0.2, -0.15) is 0 Å². The fourth-order valence-electron chi connectivity index (χ4n) is 3.58. The van der Waals surface area contributed by atoms with E-state index in [0.29, 0.717) is 0 Å². The van der Waals surface area contributed by atoms with Crippen molar-refractivity contribution in [1.82, 2.24) is 0 Å². The van der Waals surface area contributed by atoms with Crippen LogP contribution in [0.1, 0.15) is 0 Å². The van der Waals surface area contributed by atoms with Crippen molar-refractivity contribution in [2.45, 2.75) is 79.9 Å². The molecule has 13 atom stereocenters. The molecule has 2 saturated heterocycles. The number of aliphatic hydroxyl groups is 11. The molecule has 202 valence electrons. The minimum Gasteiger partial charge on any atom is -0.394 e. The molecule has 16 nitrogen and oxygen atoms in total. The Morgan fingerprint density at radius 3 is 1.71 bits per heavy atom. The number of hydrogen-bond donors (Lipinski definition) is 11. The first-order chi connectivity index (χ1) is 16.1. The predicted octanol–water partition coefficient (Wildman–Crippen LogP) is -7.32. The lowest BCUT2D eigenvalue weighted by molar-refractivity contribution is -0.367. The first-order valence-corrected chi connectivity index (χ1v) is 10.5. The van der Waals surface area contributed by atoms with Gasteiger partial charge < -0.3 is 79.9 Å². The third kappa shape index (κ3) is 6.77. The molecule has 0 aromatic heterocycles. The highest BCUT2D eigenvalue weighted by molar-refractivity contribution is 4.94. The summed E-state index contributed by atoms with van der Waals surface area (Å²) >= 11 is 0. The van der Waals surface area contributed by atoms with Crippen molar-refractivity contribution in [3.63, 3.8) is 0 Å². The van der Waals surface area contributed by atoms with E-state index in [1.54, 1.807) is 0 Å². The van der Waals surface area contributed by atoms with Crippen molar-refractivity contribution in [3.8, 4) is 0 Å². The molecule has 2 aliphatic heterocycles. The standard InChI is InChI=1S/C18H34O16/c19-1-6(30-10(24)5-23)7(2-20)31-17-15(29)13(27)16(9(4-22)33-17)34-18-14(28)12(26)11(25)8(3-21)32-18/h6-29H,1-5H2/t6?,7-,8?,9?,10+,11-,12?,13?,14?,15?,16-,17+,18+/m0/s1. The van der Waals surface area contributed by atoms with E-state index in [0.717, 1.165) is 0 Å². The van der Waals surface area contributed by atoms with Gasteiger partial charge in [-0.3, -0.25) is 0 Å². The van der Waals surface area contributed by atoms with Crippen LogP contribution in [0.2, 0.25) is 0 Å². The summed E-state index contributed by atoms with van der Waals surface area (Å²) in [5, 5.41) is 107. The molecule has 16 heteroatoms. The van der Waals surface area contributed by atoms with Gasteiger partial charge >= 0.3 is 0 Å². The number of rotatable bonds is 12. The quantitative estimate of drug-likeness (QED) is 0.110. The molecule has 2 rings (SSSR count). The lowest BCUT2D eigenvalue weighted by Gasteiger charge is -2.46. The Bertz CT molecular complexity index is 580. The summed E-state index contributed by atoms with van der Waals surface area (Å²) in [4.78, 5) is 0. The van der Waals surface area contributed by atoms with Gasteiger partial charge in [0.2, 0.25) is 0 Å². The van der Waals surface area contributed by atoms with E-state index in [2.05, 4.69) is 0 Å². The molecule has 2 aliphatic rings. The molecule has 0 aliphatic carbocycles. The van der Waals surface area contributed by atoms with E-state index in [1.165, 1.54) is 0 Å². The summed E-state index contributed by atoms with van der Waals surface area (Å²) in [6.45, 7) is -3.95. The van der Waals surface area contributed by atoms with Crippen molar-refractivity contribution in [3.05, 3.63) is 0 Å². The largest absolute Gasteiger partial charge is 0.394 e. The van der Waals surface area contributed by atoms with Crippen molar-refractivity contribution >= 4 is 0 Å². The average Bonchev–Trinajstić information content (AvgIpc) is 2.84. The average molecular weight is 506 g/mol.